The third-order valence-corrected chi connectivity index (χ3v) is 2.62. The van der Waals surface area contributed by atoms with E-state index >= 15 is 0 Å². The molecule has 0 saturated carbocycles. The highest BCUT2D eigenvalue weighted by Crippen LogP contribution is 2.30. The monoisotopic (exact) mass is 285 g/mol. The molecule has 1 N–H and O–H groups in total. The molecule has 1 aromatic heterocycles. The van der Waals surface area contributed by atoms with Gasteiger partial charge in [-0.05, 0) is 13.0 Å². The van der Waals surface area contributed by atoms with Crippen molar-refractivity contribution in [2.24, 2.45) is 0 Å². The van der Waals surface area contributed by atoms with Gasteiger partial charge in [-0.3, -0.25) is 10.1 Å². The van der Waals surface area contributed by atoms with Crippen molar-refractivity contribution in [1.29, 1.82) is 0 Å². The molecule has 0 aliphatic rings. The number of hydrogen-bond acceptors (Lipinski definition) is 5. The summed E-state index contributed by atoms with van der Waals surface area (Å²) in [4.78, 5) is 14.1. The zero-order valence-corrected chi connectivity index (χ0v) is 10.6. The van der Waals surface area contributed by atoms with Crippen LogP contribution < -0.4 is 5.32 Å². The number of benzene rings is 1. The summed E-state index contributed by atoms with van der Waals surface area (Å²) in [5.74, 6) is 0.154. The van der Waals surface area contributed by atoms with E-state index in [1.165, 1.54) is 6.20 Å². The summed E-state index contributed by atoms with van der Waals surface area (Å²) in [6.45, 7) is 1.87. The van der Waals surface area contributed by atoms with E-state index < -0.39 is 16.4 Å². The molecule has 0 fully saturated rings. The van der Waals surface area contributed by atoms with Crippen molar-refractivity contribution in [3.63, 3.8) is 0 Å². The maximum atomic E-state index is 13.2. The number of aromatic nitrogens is 1. The smallest absolute Gasteiger partial charge is 0.295 e. The summed E-state index contributed by atoms with van der Waals surface area (Å²) in [5, 5.41) is 13.4. The predicted molar refractivity (Wildman–Crippen MR) is 66.6 cm³/mol. The van der Waals surface area contributed by atoms with Crippen molar-refractivity contribution in [3.8, 4) is 0 Å². The first-order chi connectivity index (χ1) is 8.97. The predicted octanol–water partition coefficient (Wildman–Crippen LogP) is 3.30. The molecule has 0 amide bonds. The van der Waals surface area contributed by atoms with E-state index in [1.807, 2.05) is 0 Å². The molecule has 0 unspecified atom stereocenters. The summed E-state index contributed by atoms with van der Waals surface area (Å²) in [5.41, 5.74) is -0.294. The van der Waals surface area contributed by atoms with E-state index in [4.69, 9.17) is 16.0 Å². The minimum Gasteiger partial charge on any atom is -0.444 e. The molecule has 0 aliphatic carbocycles. The quantitative estimate of drug-likeness (QED) is 0.688. The van der Waals surface area contributed by atoms with E-state index in [0.29, 0.717) is 11.7 Å². The number of nitrogens with one attached hydrogen (secondary N) is 1. The standard InChI is InChI=1S/C11H9ClFN3O3/c1-6-4-15-11(19-6)5-14-9-2-7(12)8(13)3-10(9)16(17)18/h2-4,14H,5H2,1H3. The second-order valence-electron chi connectivity index (χ2n) is 3.76. The number of rotatable bonds is 4. The van der Waals surface area contributed by atoms with Crippen LogP contribution in [0, 0.1) is 22.9 Å². The molecule has 2 aromatic rings. The number of hydrogen-bond donors (Lipinski definition) is 1. The van der Waals surface area contributed by atoms with Crippen LogP contribution in [0.25, 0.3) is 0 Å². The van der Waals surface area contributed by atoms with Crippen LogP contribution in [0.1, 0.15) is 11.7 Å². The molecule has 1 heterocycles. The van der Waals surface area contributed by atoms with Gasteiger partial charge >= 0.3 is 0 Å². The number of nitro groups is 1. The number of anilines is 1. The molecule has 8 heteroatoms. The summed E-state index contributed by atoms with van der Waals surface area (Å²) >= 11 is 5.60. The fourth-order valence-electron chi connectivity index (χ4n) is 1.48. The molecule has 0 aliphatic heterocycles. The lowest BCUT2D eigenvalue weighted by Crippen LogP contribution is -2.03. The lowest BCUT2D eigenvalue weighted by molar-refractivity contribution is -0.384. The minimum atomic E-state index is -0.842. The Hall–Kier alpha value is -2.15. The molecule has 0 saturated heterocycles. The van der Waals surface area contributed by atoms with Crippen molar-refractivity contribution in [3.05, 3.63) is 50.9 Å². The number of nitrogens with zero attached hydrogens (tertiary/aromatic N) is 2. The van der Waals surface area contributed by atoms with Crippen LogP contribution in [0.4, 0.5) is 15.8 Å². The number of halogens is 2. The Labute approximate surface area is 112 Å². The molecular formula is C11H9ClFN3O3. The number of aryl methyl sites for hydroxylation is 1. The van der Waals surface area contributed by atoms with Crippen LogP contribution >= 0.6 is 11.6 Å². The average Bonchev–Trinajstić information content (AvgIpc) is 2.76. The van der Waals surface area contributed by atoms with Crippen LogP contribution in [0.5, 0.6) is 0 Å². The first kappa shape index (κ1) is 13.3. The lowest BCUT2D eigenvalue weighted by atomic mass is 10.2. The van der Waals surface area contributed by atoms with Crippen LogP contribution in [-0.4, -0.2) is 9.91 Å². The molecule has 2 rings (SSSR count). The molecule has 6 nitrogen and oxygen atoms in total. The molecule has 0 bridgehead atoms. The third-order valence-electron chi connectivity index (χ3n) is 2.33. The minimum absolute atomic E-state index is 0.104. The lowest BCUT2D eigenvalue weighted by Gasteiger charge is -2.06. The van der Waals surface area contributed by atoms with E-state index in [-0.39, 0.29) is 17.3 Å². The molecule has 100 valence electrons. The van der Waals surface area contributed by atoms with Gasteiger partial charge in [0.25, 0.3) is 5.69 Å². The first-order valence-electron chi connectivity index (χ1n) is 5.26. The van der Waals surface area contributed by atoms with Crippen LogP contribution in [0.3, 0.4) is 0 Å². The third kappa shape index (κ3) is 3.00. The topological polar surface area (TPSA) is 81.2 Å². The molecule has 0 spiro atoms. The van der Waals surface area contributed by atoms with Gasteiger partial charge in [0, 0.05) is 0 Å². The van der Waals surface area contributed by atoms with Crippen molar-refractivity contribution in [1.82, 2.24) is 4.98 Å². The van der Waals surface area contributed by atoms with E-state index in [0.717, 1.165) is 12.1 Å². The number of nitro benzene ring substituents is 1. The van der Waals surface area contributed by atoms with Crippen molar-refractivity contribution in [2.75, 3.05) is 5.32 Å². The zero-order chi connectivity index (χ0) is 14.0. The Bertz CT molecular complexity index is 630. The van der Waals surface area contributed by atoms with Gasteiger partial charge < -0.3 is 9.73 Å². The first-order valence-corrected chi connectivity index (χ1v) is 5.64. The summed E-state index contributed by atoms with van der Waals surface area (Å²) in [6.07, 6.45) is 1.53. The Morgan fingerprint density at radius 3 is 2.89 bits per heavy atom. The maximum absolute atomic E-state index is 13.2. The van der Waals surface area contributed by atoms with Gasteiger partial charge in [0.05, 0.1) is 28.8 Å². The van der Waals surface area contributed by atoms with Gasteiger partial charge in [-0.1, -0.05) is 11.6 Å². The van der Waals surface area contributed by atoms with Gasteiger partial charge in [0.15, 0.2) is 0 Å². The van der Waals surface area contributed by atoms with E-state index in [2.05, 4.69) is 10.3 Å². The second kappa shape index (κ2) is 5.23. The van der Waals surface area contributed by atoms with Crippen molar-refractivity contribution < 1.29 is 13.7 Å². The molecule has 0 radical (unpaired) electrons. The molecule has 19 heavy (non-hydrogen) atoms. The van der Waals surface area contributed by atoms with Crippen LogP contribution in [0.15, 0.2) is 22.7 Å². The van der Waals surface area contributed by atoms with Crippen LogP contribution in [0.2, 0.25) is 5.02 Å². The molecular weight excluding hydrogens is 277 g/mol. The van der Waals surface area contributed by atoms with Crippen LogP contribution in [-0.2, 0) is 6.54 Å². The Morgan fingerprint density at radius 1 is 1.58 bits per heavy atom. The summed E-state index contributed by atoms with van der Waals surface area (Å²) in [7, 11) is 0. The van der Waals surface area contributed by atoms with Crippen molar-refractivity contribution in [2.45, 2.75) is 13.5 Å². The fraction of sp³-hybridized carbons (Fsp3) is 0.182. The Kier molecular flexibility index (Phi) is 3.66. The number of oxazole rings is 1. The van der Waals surface area contributed by atoms with Gasteiger partial charge in [-0.2, -0.15) is 0 Å². The van der Waals surface area contributed by atoms with E-state index in [1.54, 1.807) is 6.92 Å². The maximum Gasteiger partial charge on any atom is 0.295 e. The summed E-state index contributed by atoms with van der Waals surface area (Å²) < 4.78 is 18.4. The Balaban J connectivity index is 2.23. The fourth-order valence-corrected chi connectivity index (χ4v) is 1.65. The van der Waals surface area contributed by atoms with Gasteiger partial charge in [0.1, 0.15) is 17.3 Å². The van der Waals surface area contributed by atoms with Crippen molar-refractivity contribution >= 4 is 23.0 Å². The normalized spacial score (nSPS) is 10.5. The highest BCUT2D eigenvalue weighted by Gasteiger charge is 2.18. The Morgan fingerprint density at radius 2 is 2.32 bits per heavy atom. The van der Waals surface area contributed by atoms with Gasteiger partial charge in [-0.25, -0.2) is 9.37 Å². The van der Waals surface area contributed by atoms with Gasteiger partial charge in [-0.15, -0.1) is 0 Å². The SMILES string of the molecule is Cc1cnc(CNc2cc(Cl)c(F)cc2[N+](=O)[O-])o1. The second-order valence-corrected chi connectivity index (χ2v) is 4.17. The van der Waals surface area contributed by atoms with Gasteiger partial charge in [0.2, 0.25) is 5.89 Å². The molecule has 0 atom stereocenters. The summed E-state index contributed by atoms with van der Waals surface area (Å²) in [6, 6.07) is 1.93. The highest BCUT2D eigenvalue weighted by atomic mass is 35.5. The largest absolute Gasteiger partial charge is 0.444 e. The zero-order valence-electron chi connectivity index (χ0n) is 9.81. The molecule has 1 aromatic carbocycles. The highest BCUT2D eigenvalue weighted by molar-refractivity contribution is 6.31. The van der Waals surface area contributed by atoms with E-state index in [9.17, 15) is 14.5 Å². The average molecular weight is 286 g/mol.